The Hall–Kier alpha value is -0.930. The van der Waals surface area contributed by atoms with Crippen molar-refractivity contribution < 1.29 is 4.39 Å². The van der Waals surface area contributed by atoms with Gasteiger partial charge in [-0.1, -0.05) is 12.1 Å². The van der Waals surface area contributed by atoms with E-state index in [-0.39, 0.29) is 5.82 Å². The van der Waals surface area contributed by atoms with E-state index in [1.54, 1.807) is 12.1 Å². The summed E-state index contributed by atoms with van der Waals surface area (Å²) in [4.78, 5) is 0. The lowest BCUT2D eigenvalue weighted by Crippen LogP contribution is -2.31. The Bertz CT molecular complexity index is 348. The molecule has 3 heteroatoms. The Kier molecular flexibility index (Phi) is 3.56. The van der Waals surface area contributed by atoms with Crippen LogP contribution < -0.4 is 10.6 Å². The molecule has 88 valence electrons. The Morgan fingerprint density at radius 2 is 2.12 bits per heavy atom. The molecule has 0 aliphatic heterocycles. The smallest absolute Gasteiger partial charge is 0.123 e. The molecule has 1 fully saturated rings. The van der Waals surface area contributed by atoms with Crippen LogP contribution in [0, 0.1) is 11.2 Å². The topological polar surface area (TPSA) is 24.1 Å². The summed E-state index contributed by atoms with van der Waals surface area (Å²) in [5.74, 6) is -0.157. The molecule has 1 aliphatic carbocycles. The molecular weight excluding hydrogens is 203 g/mol. The lowest BCUT2D eigenvalue weighted by Gasteiger charge is -2.15. The maximum Gasteiger partial charge on any atom is 0.123 e. The second-order valence-corrected chi connectivity index (χ2v) is 4.76. The highest BCUT2D eigenvalue weighted by Crippen LogP contribution is 2.44. The first-order chi connectivity index (χ1) is 7.74. The minimum absolute atomic E-state index is 0.157. The molecule has 1 saturated carbocycles. The monoisotopic (exact) mass is 222 g/mol. The molecular formula is C13H19FN2. The van der Waals surface area contributed by atoms with Crippen LogP contribution in [0.3, 0.4) is 0 Å². The third-order valence-corrected chi connectivity index (χ3v) is 3.23. The van der Waals surface area contributed by atoms with Crippen LogP contribution >= 0.6 is 0 Å². The van der Waals surface area contributed by atoms with Gasteiger partial charge in [-0.3, -0.25) is 0 Å². The van der Waals surface area contributed by atoms with Crippen molar-refractivity contribution in [3.63, 3.8) is 0 Å². The van der Waals surface area contributed by atoms with Gasteiger partial charge >= 0.3 is 0 Å². The maximum atomic E-state index is 12.9. The van der Waals surface area contributed by atoms with E-state index in [2.05, 4.69) is 10.6 Å². The highest BCUT2D eigenvalue weighted by atomic mass is 19.1. The predicted octanol–water partition coefficient (Wildman–Crippen LogP) is 1.91. The average molecular weight is 222 g/mol. The molecule has 2 nitrogen and oxygen atoms in total. The van der Waals surface area contributed by atoms with Gasteiger partial charge in [-0.25, -0.2) is 4.39 Å². The zero-order valence-corrected chi connectivity index (χ0v) is 9.72. The van der Waals surface area contributed by atoms with E-state index >= 15 is 0 Å². The third-order valence-electron chi connectivity index (χ3n) is 3.23. The maximum absolute atomic E-state index is 12.9. The van der Waals surface area contributed by atoms with E-state index in [0.29, 0.717) is 5.41 Å². The van der Waals surface area contributed by atoms with Gasteiger partial charge in [0.05, 0.1) is 0 Å². The second kappa shape index (κ2) is 4.93. The number of hydrogen-bond acceptors (Lipinski definition) is 2. The lowest BCUT2D eigenvalue weighted by atomic mass is 10.1. The van der Waals surface area contributed by atoms with Crippen molar-refractivity contribution in [2.24, 2.45) is 5.41 Å². The van der Waals surface area contributed by atoms with Crippen LogP contribution in [-0.4, -0.2) is 20.1 Å². The number of rotatable bonds is 6. The lowest BCUT2D eigenvalue weighted by molar-refractivity contribution is 0.438. The summed E-state index contributed by atoms with van der Waals surface area (Å²) in [6.07, 6.45) is 2.59. The zero-order valence-electron chi connectivity index (χ0n) is 9.72. The summed E-state index contributed by atoms with van der Waals surface area (Å²) in [6, 6.07) is 6.78. The van der Waals surface area contributed by atoms with Crippen LogP contribution in [0.5, 0.6) is 0 Å². The van der Waals surface area contributed by atoms with Crippen molar-refractivity contribution in [3.8, 4) is 0 Å². The first-order valence-corrected chi connectivity index (χ1v) is 5.84. The molecule has 0 atom stereocenters. The number of nitrogens with one attached hydrogen (secondary N) is 2. The van der Waals surface area contributed by atoms with Gasteiger partial charge in [-0.05, 0) is 43.0 Å². The minimum atomic E-state index is -0.157. The molecule has 2 N–H and O–H groups in total. The molecule has 0 spiro atoms. The van der Waals surface area contributed by atoms with Gasteiger partial charge in [0.2, 0.25) is 0 Å². The molecule has 0 aromatic heterocycles. The van der Waals surface area contributed by atoms with Gasteiger partial charge in [0.25, 0.3) is 0 Å². The molecule has 0 bridgehead atoms. The number of halogens is 1. The van der Waals surface area contributed by atoms with Gasteiger partial charge in [0.15, 0.2) is 0 Å². The standard InChI is InChI=1S/C13H19FN2/c1-15-9-13(5-6-13)10-16-8-11-3-2-4-12(14)7-11/h2-4,7,15-16H,5-6,8-10H2,1H3. The van der Waals surface area contributed by atoms with Crippen molar-refractivity contribution in [2.45, 2.75) is 19.4 Å². The summed E-state index contributed by atoms with van der Waals surface area (Å²) in [5.41, 5.74) is 1.47. The van der Waals surface area contributed by atoms with Crippen molar-refractivity contribution in [1.29, 1.82) is 0 Å². The molecule has 1 aromatic rings. The fourth-order valence-electron chi connectivity index (χ4n) is 2.09. The quantitative estimate of drug-likeness (QED) is 0.768. The first kappa shape index (κ1) is 11.6. The highest BCUT2D eigenvalue weighted by Gasteiger charge is 2.41. The number of hydrogen-bond donors (Lipinski definition) is 2. The highest BCUT2D eigenvalue weighted by molar-refractivity contribution is 5.16. The van der Waals surface area contributed by atoms with Crippen LogP contribution in [0.25, 0.3) is 0 Å². The zero-order chi connectivity index (χ0) is 11.4. The molecule has 0 heterocycles. The fraction of sp³-hybridized carbons (Fsp3) is 0.538. The molecule has 16 heavy (non-hydrogen) atoms. The van der Waals surface area contributed by atoms with E-state index in [0.717, 1.165) is 25.2 Å². The Labute approximate surface area is 96.2 Å². The van der Waals surface area contributed by atoms with Gasteiger partial charge in [-0.2, -0.15) is 0 Å². The normalized spacial score (nSPS) is 17.4. The van der Waals surface area contributed by atoms with Crippen molar-refractivity contribution in [2.75, 3.05) is 20.1 Å². The van der Waals surface area contributed by atoms with E-state index in [9.17, 15) is 4.39 Å². The number of benzene rings is 1. The molecule has 1 aromatic carbocycles. The molecule has 0 amide bonds. The Morgan fingerprint density at radius 1 is 1.31 bits per heavy atom. The summed E-state index contributed by atoms with van der Waals surface area (Å²) < 4.78 is 12.9. The van der Waals surface area contributed by atoms with E-state index in [1.807, 2.05) is 13.1 Å². The third kappa shape index (κ3) is 3.03. The summed E-state index contributed by atoms with van der Waals surface area (Å²) in [6.45, 7) is 2.84. The summed E-state index contributed by atoms with van der Waals surface area (Å²) >= 11 is 0. The van der Waals surface area contributed by atoms with Gasteiger partial charge < -0.3 is 10.6 Å². The van der Waals surface area contributed by atoms with Crippen LogP contribution in [0.4, 0.5) is 4.39 Å². The van der Waals surface area contributed by atoms with Crippen LogP contribution in [0.1, 0.15) is 18.4 Å². The molecule has 0 unspecified atom stereocenters. The van der Waals surface area contributed by atoms with Gasteiger partial charge in [-0.15, -0.1) is 0 Å². The first-order valence-electron chi connectivity index (χ1n) is 5.84. The SMILES string of the molecule is CNCC1(CNCc2cccc(F)c2)CC1. The molecule has 0 saturated heterocycles. The molecule has 2 rings (SSSR count). The van der Waals surface area contributed by atoms with Crippen LogP contribution in [-0.2, 0) is 6.54 Å². The fourth-order valence-corrected chi connectivity index (χ4v) is 2.09. The van der Waals surface area contributed by atoms with E-state index in [4.69, 9.17) is 0 Å². The summed E-state index contributed by atoms with van der Waals surface area (Å²) in [7, 11) is 1.99. The van der Waals surface area contributed by atoms with Crippen molar-refractivity contribution in [1.82, 2.24) is 10.6 Å². The van der Waals surface area contributed by atoms with Gasteiger partial charge in [0.1, 0.15) is 5.82 Å². The Morgan fingerprint density at radius 3 is 2.75 bits per heavy atom. The van der Waals surface area contributed by atoms with E-state index in [1.165, 1.54) is 18.9 Å². The largest absolute Gasteiger partial charge is 0.319 e. The molecule has 1 aliphatic rings. The Balaban J connectivity index is 1.76. The summed E-state index contributed by atoms with van der Waals surface area (Å²) in [5, 5.41) is 6.64. The van der Waals surface area contributed by atoms with Crippen LogP contribution in [0.2, 0.25) is 0 Å². The minimum Gasteiger partial charge on any atom is -0.319 e. The predicted molar refractivity (Wildman–Crippen MR) is 63.7 cm³/mol. The second-order valence-electron chi connectivity index (χ2n) is 4.76. The van der Waals surface area contributed by atoms with Gasteiger partial charge in [0, 0.05) is 19.6 Å². The average Bonchev–Trinajstić information content (AvgIpc) is 2.99. The molecule has 0 radical (unpaired) electrons. The van der Waals surface area contributed by atoms with Crippen molar-refractivity contribution in [3.05, 3.63) is 35.6 Å². The van der Waals surface area contributed by atoms with Crippen molar-refractivity contribution >= 4 is 0 Å². The van der Waals surface area contributed by atoms with E-state index < -0.39 is 0 Å². The van der Waals surface area contributed by atoms with Crippen LogP contribution in [0.15, 0.2) is 24.3 Å².